The standard InChI is InChI=1S/C13H16N2O5S/c14-13(17)10-20-8-6-15-21(18,19)12-5-1-3-11(9-12)4-2-7-16/h1,3,5,9,15-16H,6-8,10H2,(H2,14,17). The van der Waals surface area contributed by atoms with Crippen molar-refractivity contribution >= 4 is 15.9 Å². The molecule has 4 N–H and O–H groups in total. The summed E-state index contributed by atoms with van der Waals surface area (Å²) < 4.78 is 31.2. The van der Waals surface area contributed by atoms with E-state index in [1.54, 1.807) is 12.1 Å². The summed E-state index contributed by atoms with van der Waals surface area (Å²) in [6.45, 7) is -0.505. The molecule has 1 aromatic rings. The van der Waals surface area contributed by atoms with E-state index >= 15 is 0 Å². The van der Waals surface area contributed by atoms with Crippen LogP contribution in [-0.2, 0) is 19.6 Å². The van der Waals surface area contributed by atoms with E-state index in [0.29, 0.717) is 5.56 Å². The van der Waals surface area contributed by atoms with E-state index in [1.165, 1.54) is 12.1 Å². The number of nitrogens with two attached hydrogens (primary N) is 1. The lowest BCUT2D eigenvalue weighted by atomic mass is 10.2. The molecule has 0 saturated heterocycles. The van der Waals surface area contributed by atoms with Gasteiger partial charge in [0.15, 0.2) is 0 Å². The van der Waals surface area contributed by atoms with Gasteiger partial charge in [0.2, 0.25) is 15.9 Å². The van der Waals surface area contributed by atoms with Gasteiger partial charge >= 0.3 is 0 Å². The van der Waals surface area contributed by atoms with E-state index in [9.17, 15) is 13.2 Å². The molecule has 8 heteroatoms. The quantitative estimate of drug-likeness (QED) is 0.432. The molecule has 0 bridgehead atoms. The lowest BCUT2D eigenvalue weighted by molar-refractivity contribution is -0.122. The summed E-state index contributed by atoms with van der Waals surface area (Å²) in [6.07, 6.45) is 0. The minimum atomic E-state index is -3.68. The Balaban J connectivity index is 2.63. The Morgan fingerprint density at radius 3 is 2.86 bits per heavy atom. The summed E-state index contributed by atoms with van der Waals surface area (Å²) in [5, 5.41) is 8.61. The molecule has 0 unspecified atom stereocenters. The Labute approximate surface area is 123 Å². The van der Waals surface area contributed by atoms with Gasteiger partial charge in [-0.05, 0) is 18.2 Å². The van der Waals surface area contributed by atoms with E-state index < -0.39 is 15.9 Å². The molecule has 0 aliphatic carbocycles. The van der Waals surface area contributed by atoms with Gasteiger partial charge in [-0.25, -0.2) is 13.1 Å². The number of benzene rings is 1. The first-order valence-electron chi connectivity index (χ1n) is 6.01. The molecule has 0 saturated carbocycles. The topological polar surface area (TPSA) is 119 Å². The van der Waals surface area contributed by atoms with Gasteiger partial charge in [0.25, 0.3) is 0 Å². The van der Waals surface area contributed by atoms with Gasteiger partial charge in [0, 0.05) is 12.1 Å². The second-order valence-corrected chi connectivity index (χ2v) is 5.67. The molecule has 1 rings (SSSR count). The first-order chi connectivity index (χ1) is 9.95. The van der Waals surface area contributed by atoms with Gasteiger partial charge in [-0.3, -0.25) is 4.79 Å². The molecule has 0 fully saturated rings. The van der Waals surface area contributed by atoms with Gasteiger partial charge in [0.05, 0.1) is 11.5 Å². The summed E-state index contributed by atoms with van der Waals surface area (Å²) in [7, 11) is -3.68. The van der Waals surface area contributed by atoms with Crippen molar-refractivity contribution in [3.8, 4) is 11.8 Å². The molecule has 21 heavy (non-hydrogen) atoms. The number of sulfonamides is 1. The maximum Gasteiger partial charge on any atom is 0.243 e. The second-order valence-electron chi connectivity index (χ2n) is 3.90. The molecule has 0 atom stereocenters. The molecule has 0 heterocycles. The van der Waals surface area contributed by atoms with Crippen LogP contribution in [0.3, 0.4) is 0 Å². The highest BCUT2D eigenvalue weighted by Crippen LogP contribution is 2.10. The van der Waals surface area contributed by atoms with Gasteiger partial charge in [-0.15, -0.1) is 0 Å². The maximum atomic E-state index is 12.0. The third-order valence-electron chi connectivity index (χ3n) is 2.24. The van der Waals surface area contributed by atoms with Crippen LogP contribution in [0.25, 0.3) is 0 Å². The lowest BCUT2D eigenvalue weighted by Crippen LogP contribution is -2.29. The maximum absolute atomic E-state index is 12.0. The Morgan fingerprint density at radius 2 is 2.19 bits per heavy atom. The van der Waals surface area contributed by atoms with Crippen LogP contribution >= 0.6 is 0 Å². The highest BCUT2D eigenvalue weighted by atomic mass is 32.2. The average Bonchev–Trinajstić information content (AvgIpc) is 2.44. The number of amides is 1. The number of hydrogen-bond donors (Lipinski definition) is 3. The molecular formula is C13H16N2O5S. The average molecular weight is 312 g/mol. The van der Waals surface area contributed by atoms with E-state index in [2.05, 4.69) is 16.6 Å². The molecule has 0 radical (unpaired) electrons. The van der Waals surface area contributed by atoms with E-state index in [-0.39, 0.29) is 31.3 Å². The second kappa shape index (κ2) is 8.39. The first-order valence-corrected chi connectivity index (χ1v) is 7.49. The third-order valence-corrected chi connectivity index (χ3v) is 3.70. The van der Waals surface area contributed by atoms with Crippen molar-refractivity contribution < 1.29 is 23.1 Å². The highest BCUT2D eigenvalue weighted by Gasteiger charge is 2.13. The number of ether oxygens (including phenoxy) is 1. The first kappa shape index (κ1) is 17.1. The molecule has 1 aromatic carbocycles. The van der Waals surface area contributed by atoms with Crippen molar-refractivity contribution in [2.45, 2.75) is 4.90 Å². The number of aliphatic hydroxyl groups excluding tert-OH is 1. The van der Waals surface area contributed by atoms with Crippen LogP contribution in [0.2, 0.25) is 0 Å². The Bertz CT molecular complexity index is 646. The Morgan fingerprint density at radius 1 is 1.43 bits per heavy atom. The van der Waals surface area contributed by atoms with Crippen molar-refractivity contribution in [1.82, 2.24) is 4.72 Å². The summed E-state index contributed by atoms with van der Waals surface area (Å²) >= 11 is 0. The van der Waals surface area contributed by atoms with Crippen molar-refractivity contribution in [2.24, 2.45) is 5.73 Å². The summed E-state index contributed by atoms with van der Waals surface area (Å²) in [6, 6.07) is 6.02. The van der Waals surface area contributed by atoms with Crippen LogP contribution in [-0.4, -0.2) is 45.8 Å². The monoisotopic (exact) mass is 312 g/mol. The molecule has 7 nitrogen and oxygen atoms in total. The minimum Gasteiger partial charge on any atom is -0.384 e. The van der Waals surface area contributed by atoms with Crippen LogP contribution in [0.4, 0.5) is 0 Å². The fourth-order valence-electron chi connectivity index (χ4n) is 1.39. The number of rotatable bonds is 7. The Hall–Kier alpha value is -1.92. The van der Waals surface area contributed by atoms with E-state index in [1.807, 2.05) is 0 Å². The van der Waals surface area contributed by atoms with Crippen LogP contribution in [0.15, 0.2) is 29.2 Å². The highest BCUT2D eigenvalue weighted by molar-refractivity contribution is 7.89. The number of hydrogen-bond acceptors (Lipinski definition) is 5. The number of primary amides is 1. The van der Waals surface area contributed by atoms with Crippen LogP contribution in [0.5, 0.6) is 0 Å². The summed E-state index contributed by atoms with van der Waals surface area (Å²) in [5.74, 6) is 4.45. The van der Waals surface area contributed by atoms with Crippen LogP contribution < -0.4 is 10.5 Å². The van der Waals surface area contributed by atoms with Gasteiger partial charge in [0.1, 0.15) is 13.2 Å². The zero-order valence-electron chi connectivity index (χ0n) is 11.2. The Kier molecular flexibility index (Phi) is 6.84. The third kappa shape index (κ3) is 6.37. The van der Waals surface area contributed by atoms with Crippen LogP contribution in [0.1, 0.15) is 5.56 Å². The lowest BCUT2D eigenvalue weighted by Gasteiger charge is -2.07. The fourth-order valence-corrected chi connectivity index (χ4v) is 2.45. The molecule has 114 valence electrons. The SMILES string of the molecule is NC(=O)COCCNS(=O)(=O)c1cccc(C#CCO)c1. The number of carbonyl (C=O) groups is 1. The zero-order valence-corrected chi connectivity index (χ0v) is 12.0. The molecule has 1 amide bonds. The molecule has 0 spiro atoms. The van der Waals surface area contributed by atoms with Crippen molar-refractivity contribution in [3.63, 3.8) is 0 Å². The molecular weight excluding hydrogens is 296 g/mol. The number of aliphatic hydroxyl groups is 1. The normalized spacial score (nSPS) is 10.7. The minimum absolute atomic E-state index is 0.0160. The zero-order chi connectivity index (χ0) is 15.7. The molecule has 0 aliphatic heterocycles. The summed E-state index contributed by atoms with van der Waals surface area (Å²) in [5.41, 5.74) is 5.36. The number of carbonyl (C=O) groups excluding carboxylic acids is 1. The molecule has 0 aliphatic rings. The smallest absolute Gasteiger partial charge is 0.243 e. The molecule has 0 aromatic heterocycles. The van der Waals surface area contributed by atoms with Crippen molar-refractivity contribution in [3.05, 3.63) is 29.8 Å². The van der Waals surface area contributed by atoms with E-state index in [0.717, 1.165) is 0 Å². The van der Waals surface area contributed by atoms with Gasteiger partial charge in [-0.2, -0.15) is 0 Å². The summed E-state index contributed by atoms with van der Waals surface area (Å²) in [4.78, 5) is 10.5. The largest absolute Gasteiger partial charge is 0.384 e. The van der Waals surface area contributed by atoms with E-state index in [4.69, 9.17) is 15.6 Å². The fraction of sp³-hybridized carbons (Fsp3) is 0.308. The van der Waals surface area contributed by atoms with Gasteiger partial charge < -0.3 is 15.6 Å². The van der Waals surface area contributed by atoms with Crippen molar-refractivity contribution in [1.29, 1.82) is 0 Å². The van der Waals surface area contributed by atoms with Gasteiger partial charge in [-0.1, -0.05) is 17.9 Å². The van der Waals surface area contributed by atoms with Crippen LogP contribution in [0, 0.1) is 11.8 Å². The predicted octanol–water partition coefficient (Wildman–Crippen LogP) is -1.19. The number of nitrogens with one attached hydrogen (secondary N) is 1. The predicted molar refractivity (Wildman–Crippen MR) is 75.6 cm³/mol. The van der Waals surface area contributed by atoms with Crippen molar-refractivity contribution in [2.75, 3.05) is 26.4 Å².